The fourth-order valence-corrected chi connectivity index (χ4v) is 4.10. The van der Waals surface area contributed by atoms with Gasteiger partial charge in [-0.15, -0.1) is 0 Å². The Morgan fingerprint density at radius 3 is 2.56 bits per heavy atom. The van der Waals surface area contributed by atoms with Gasteiger partial charge in [-0.1, -0.05) is 29.2 Å². The summed E-state index contributed by atoms with van der Waals surface area (Å²) >= 11 is 3.03. The molecular weight excluding hydrogens is 352 g/mol. The summed E-state index contributed by atoms with van der Waals surface area (Å²) in [6.07, 6.45) is 2.97. The van der Waals surface area contributed by atoms with Gasteiger partial charge >= 0.3 is 0 Å². The maximum absolute atomic E-state index is 12.3. The molecule has 3 rings (SSSR count). The average Bonchev–Trinajstić information content (AvgIpc) is 2.94. The van der Waals surface area contributed by atoms with Gasteiger partial charge in [0.05, 0.1) is 10.2 Å². The molecule has 0 radical (unpaired) electrons. The van der Waals surface area contributed by atoms with E-state index in [9.17, 15) is 4.79 Å². The lowest BCUT2D eigenvalue weighted by atomic mass is 10.1. The lowest BCUT2D eigenvalue weighted by molar-refractivity contribution is -0.116. The SMILES string of the molecule is CSc1nc(C)c(CCC(=O)Nc2nc3ccc(C)cc3s2)c(C)n1. The second kappa shape index (κ2) is 7.49. The number of nitrogens with zero attached hydrogens (tertiary/aromatic N) is 3. The number of carbonyl (C=O) groups excluding carboxylic acids is 1. The van der Waals surface area contributed by atoms with Gasteiger partial charge in [0.15, 0.2) is 10.3 Å². The van der Waals surface area contributed by atoms with Crippen molar-refractivity contribution in [3.8, 4) is 0 Å². The van der Waals surface area contributed by atoms with Gasteiger partial charge in [-0.05, 0) is 56.7 Å². The van der Waals surface area contributed by atoms with Gasteiger partial charge in [-0.3, -0.25) is 4.79 Å². The van der Waals surface area contributed by atoms with Crippen molar-refractivity contribution in [3.05, 3.63) is 40.7 Å². The van der Waals surface area contributed by atoms with Crippen LogP contribution in [-0.2, 0) is 11.2 Å². The molecule has 2 aromatic heterocycles. The molecule has 0 saturated carbocycles. The van der Waals surface area contributed by atoms with Crippen LogP contribution in [0.4, 0.5) is 5.13 Å². The molecule has 0 saturated heterocycles. The van der Waals surface area contributed by atoms with Crippen LogP contribution in [0.3, 0.4) is 0 Å². The summed E-state index contributed by atoms with van der Waals surface area (Å²) in [6, 6.07) is 6.09. The van der Waals surface area contributed by atoms with E-state index in [1.54, 1.807) is 0 Å². The van der Waals surface area contributed by atoms with Crippen molar-refractivity contribution in [3.63, 3.8) is 0 Å². The van der Waals surface area contributed by atoms with Crippen molar-refractivity contribution in [2.45, 2.75) is 38.8 Å². The molecule has 1 amide bonds. The van der Waals surface area contributed by atoms with Crippen LogP contribution in [0, 0.1) is 20.8 Å². The third-order valence-electron chi connectivity index (χ3n) is 3.98. The Balaban J connectivity index is 1.66. The zero-order valence-electron chi connectivity index (χ0n) is 14.7. The van der Waals surface area contributed by atoms with Crippen molar-refractivity contribution in [1.29, 1.82) is 0 Å². The first kappa shape index (κ1) is 17.8. The van der Waals surface area contributed by atoms with E-state index in [0.717, 1.165) is 32.3 Å². The van der Waals surface area contributed by atoms with E-state index in [-0.39, 0.29) is 5.91 Å². The monoisotopic (exact) mass is 372 g/mol. The number of fused-ring (bicyclic) bond motifs is 1. The number of benzene rings is 1. The second-order valence-electron chi connectivity index (χ2n) is 5.90. The Morgan fingerprint density at radius 2 is 1.88 bits per heavy atom. The summed E-state index contributed by atoms with van der Waals surface area (Å²) in [5.41, 5.74) is 5.04. The third kappa shape index (κ3) is 4.16. The van der Waals surface area contributed by atoms with Crippen molar-refractivity contribution < 1.29 is 4.79 Å². The molecule has 7 heteroatoms. The summed E-state index contributed by atoms with van der Waals surface area (Å²) in [5.74, 6) is -0.0384. The van der Waals surface area contributed by atoms with Crippen LogP contribution < -0.4 is 5.32 Å². The smallest absolute Gasteiger partial charge is 0.226 e. The molecule has 0 bridgehead atoms. The highest BCUT2D eigenvalue weighted by molar-refractivity contribution is 7.98. The molecule has 0 unspecified atom stereocenters. The summed E-state index contributed by atoms with van der Waals surface area (Å²) in [7, 11) is 0. The minimum atomic E-state index is -0.0384. The van der Waals surface area contributed by atoms with E-state index in [1.165, 1.54) is 28.7 Å². The summed E-state index contributed by atoms with van der Waals surface area (Å²) in [5, 5.41) is 4.32. The number of rotatable bonds is 5. The zero-order valence-corrected chi connectivity index (χ0v) is 16.3. The number of amides is 1. The maximum Gasteiger partial charge on any atom is 0.226 e. The van der Waals surface area contributed by atoms with E-state index in [2.05, 4.69) is 26.3 Å². The van der Waals surface area contributed by atoms with Gasteiger partial charge in [0, 0.05) is 17.8 Å². The molecule has 0 aliphatic carbocycles. The van der Waals surface area contributed by atoms with Crippen molar-refractivity contribution in [2.75, 3.05) is 11.6 Å². The fraction of sp³-hybridized carbons (Fsp3) is 0.333. The molecule has 3 aromatic rings. The van der Waals surface area contributed by atoms with E-state index in [1.807, 2.05) is 39.2 Å². The first-order valence-electron chi connectivity index (χ1n) is 8.01. The number of anilines is 1. The van der Waals surface area contributed by atoms with Crippen LogP contribution in [-0.4, -0.2) is 27.1 Å². The molecule has 130 valence electrons. The molecule has 5 nitrogen and oxygen atoms in total. The van der Waals surface area contributed by atoms with Crippen LogP contribution >= 0.6 is 23.1 Å². The molecule has 0 spiro atoms. The largest absolute Gasteiger partial charge is 0.302 e. The number of carbonyl (C=O) groups is 1. The minimum absolute atomic E-state index is 0.0384. The maximum atomic E-state index is 12.3. The van der Waals surface area contributed by atoms with Crippen molar-refractivity contribution in [1.82, 2.24) is 15.0 Å². The topological polar surface area (TPSA) is 67.8 Å². The number of aromatic nitrogens is 3. The van der Waals surface area contributed by atoms with E-state index >= 15 is 0 Å². The highest BCUT2D eigenvalue weighted by Crippen LogP contribution is 2.27. The van der Waals surface area contributed by atoms with E-state index in [0.29, 0.717) is 18.0 Å². The molecule has 25 heavy (non-hydrogen) atoms. The predicted molar refractivity (Wildman–Crippen MR) is 105 cm³/mol. The summed E-state index contributed by atoms with van der Waals surface area (Å²) in [6.45, 7) is 5.99. The number of aryl methyl sites for hydroxylation is 3. The fourth-order valence-electron chi connectivity index (χ4n) is 2.67. The van der Waals surface area contributed by atoms with Crippen LogP contribution in [0.1, 0.15) is 28.9 Å². The van der Waals surface area contributed by atoms with E-state index in [4.69, 9.17) is 0 Å². The van der Waals surface area contributed by atoms with Crippen molar-refractivity contribution in [2.24, 2.45) is 0 Å². The quantitative estimate of drug-likeness (QED) is 0.534. The molecular formula is C18H20N4OS2. The highest BCUT2D eigenvalue weighted by Gasteiger charge is 2.12. The lowest BCUT2D eigenvalue weighted by Gasteiger charge is -2.09. The first-order chi connectivity index (χ1) is 12.0. The standard InChI is InChI=1S/C18H20N4OS2/c1-10-5-7-14-15(9-10)25-18(21-14)22-16(23)8-6-13-11(2)19-17(24-4)20-12(13)3/h5,7,9H,6,8H2,1-4H3,(H,21,22,23). The lowest BCUT2D eigenvalue weighted by Crippen LogP contribution is -2.13. The number of hydrogen-bond acceptors (Lipinski definition) is 6. The normalized spacial score (nSPS) is 11.0. The molecule has 0 aliphatic heterocycles. The van der Waals surface area contributed by atoms with Crippen LogP contribution in [0.5, 0.6) is 0 Å². The summed E-state index contributed by atoms with van der Waals surface area (Å²) < 4.78 is 1.09. The Kier molecular flexibility index (Phi) is 5.34. The highest BCUT2D eigenvalue weighted by atomic mass is 32.2. The van der Waals surface area contributed by atoms with Gasteiger partial charge in [-0.25, -0.2) is 15.0 Å². The number of thioether (sulfide) groups is 1. The molecule has 0 atom stereocenters. The van der Waals surface area contributed by atoms with E-state index < -0.39 is 0 Å². The second-order valence-corrected chi connectivity index (χ2v) is 7.70. The van der Waals surface area contributed by atoms with Gasteiger partial charge < -0.3 is 5.32 Å². The number of hydrogen-bond donors (Lipinski definition) is 1. The Morgan fingerprint density at radius 1 is 1.16 bits per heavy atom. The van der Waals surface area contributed by atoms with Crippen LogP contribution in [0.25, 0.3) is 10.2 Å². The van der Waals surface area contributed by atoms with Gasteiger partial charge in [0.1, 0.15) is 0 Å². The van der Waals surface area contributed by atoms with Crippen LogP contribution in [0.2, 0.25) is 0 Å². The van der Waals surface area contributed by atoms with Gasteiger partial charge in [0.2, 0.25) is 5.91 Å². The molecule has 0 aliphatic rings. The molecule has 1 N–H and O–H groups in total. The zero-order chi connectivity index (χ0) is 18.0. The Labute approximate surface area is 155 Å². The van der Waals surface area contributed by atoms with Crippen molar-refractivity contribution >= 4 is 44.4 Å². The first-order valence-corrected chi connectivity index (χ1v) is 10.1. The molecule has 2 heterocycles. The van der Waals surface area contributed by atoms with Gasteiger partial charge in [0.25, 0.3) is 0 Å². The number of thiazole rings is 1. The Bertz CT molecular complexity index is 913. The Hall–Kier alpha value is -1.99. The predicted octanol–water partition coefficient (Wildman–Crippen LogP) is 4.30. The molecule has 1 aromatic carbocycles. The number of nitrogens with one attached hydrogen (secondary N) is 1. The molecule has 0 fully saturated rings. The average molecular weight is 373 g/mol. The summed E-state index contributed by atoms with van der Waals surface area (Å²) in [4.78, 5) is 25.7. The van der Waals surface area contributed by atoms with Crippen LogP contribution in [0.15, 0.2) is 23.4 Å². The third-order valence-corrected chi connectivity index (χ3v) is 5.46. The minimum Gasteiger partial charge on any atom is -0.302 e. The van der Waals surface area contributed by atoms with Gasteiger partial charge in [-0.2, -0.15) is 0 Å².